The number of alkyl halides is 1. The molecule has 0 bridgehead atoms. The Morgan fingerprint density at radius 2 is 1.86 bits per heavy atom. The van der Waals surface area contributed by atoms with Crippen LogP contribution in [0.25, 0.3) is 0 Å². The molecule has 0 aromatic rings. The molecule has 1 aliphatic heterocycles. The Labute approximate surface area is 87.5 Å². The predicted octanol–water partition coefficient (Wildman–Crippen LogP) is 3.15. The summed E-state index contributed by atoms with van der Waals surface area (Å²) in [6.07, 6.45) is 3.21. The fourth-order valence-electron chi connectivity index (χ4n) is 2.01. The van der Waals surface area contributed by atoms with E-state index in [9.17, 15) is 4.39 Å². The molecule has 1 unspecified atom stereocenters. The number of hydrogen-bond acceptors (Lipinski definition) is 1. The Bertz CT molecular complexity index is 156. The molecule has 1 heterocycles. The first-order valence-electron chi connectivity index (χ1n) is 5.84. The van der Waals surface area contributed by atoms with Crippen LogP contribution >= 0.6 is 0 Å². The van der Waals surface area contributed by atoms with Gasteiger partial charge < -0.3 is 5.32 Å². The summed E-state index contributed by atoms with van der Waals surface area (Å²) in [5, 5.41) is 3.28. The van der Waals surface area contributed by atoms with Crippen molar-refractivity contribution in [2.45, 2.75) is 52.6 Å². The van der Waals surface area contributed by atoms with Crippen LogP contribution in [0.15, 0.2) is 0 Å². The summed E-state index contributed by atoms with van der Waals surface area (Å²) >= 11 is 0. The molecular weight excluding hydrogens is 177 g/mol. The summed E-state index contributed by atoms with van der Waals surface area (Å²) in [7, 11) is 0. The molecule has 1 aliphatic rings. The van der Waals surface area contributed by atoms with Gasteiger partial charge in [0.15, 0.2) is 0 Å². The Hall–Kier alpha value is -0.110. The maximum Gasteiger partial charge on any atom is 0.103 e. The lowest BCUT2D eigenvalue weighted by molar-refractivity contribution is 0.158. The van der Waals surface area contributed by atoms with Crippen molar-refractivity contribution in [3.8, 4) is 0 Å². The molecule has 0 aromatic carbocycles. The molecule has 84 valence electrons. The zero-order valence-corrected chi connectivity index (χ0v) is 9.78. The quantitative estimate of drug-likeness (QED) is 0.739. The zero-order valence-electron chi connectivity index (χ0n) is 9.78. The summed E-state index contributed by atoms with van der Waals surface area (Å²) in [5.74, 6) is 0.318. The minimum absolute atomic E-state index is 0.275. The van der Waals surface area contributed by atoms with Crippen LogP contribution < -0.4 is 5.32 Å². The van der Waals surface area contributed by atoms with Gasteiger partial charge in [-0.25, -0.2) is 4.39 Å². The number of hydrogen-bond donors (Lipinski definition) is 1. The molecule has 14 heavy (non-hydrogen) atoms. The summed E-state index contributed by atoms with van der Waals surface area (Å²) in [4.78, 5) is 0. The fraction of sp³-hybridized carbons (Fsp3) is 1.00. The van der Waals surface area contributed by atoms with Crippen molar-refractivity contribution >= 4 is 0 Å². The highest BCUT2D eigenvalue weighted by atomic mass is 19.1. The standard InChI is InChI=1S/C12H24FN/c1-12(2,3)7-4-11(13)10-5-8-14-9-6-10/h10-11,14H,4-9H2,1-3H3. The van der Waals surface area contributed by atoms with Crippen molar-refractivity contribution in [3.63, 3.8) is 0 Å². The van der Waals surface area contributed by atoms with Gasteiger partial charge in [0.2, 0.25) is 0 Å². The van der Waals surface area contributed by atoms with E-state index in [0.29, 0.717) is 5.92 Å². The first kappa shape index (κ1) is 12.0. The van der Waals surface area contributed by atoms with Crippen molar-refractivity contribution < 1.29 is 4.39 Å². The van der Waals surface area contributed by atoms with Gasteiger partial charge in [0.05, 0.1) is 0 Å². The van der Waals surface area contributed by atoms with Crippen molar-refractivity contribution in [1.29, 1.82) is 0 Å². The predicted molar refractivity (Wildman–Crippen MR) is 59.2 cm³/mol. The molecule has 1 atom stereocenters. The van der Waals surface area contributed by atoms with Gasteiger partial charge >= 0.3 is 0 Å². The number of halogens is 1. The smallest absolute Gasteiger partial charge is 0.103 e. The zero-order chi connectivity index (χ0) is 10.6. The molecule has 0 spiro atoms. The fourth-order valence-corrected chi connectivity index (χ4v) is 2.01. The Morgan fingerprint density at radius 1 is 1.29 bits per heavy atom. The lowest BCUT2D eigenvalue weighted by Gasteiger charge is -2.27. The van der Waals surface area contributed by atoms with Crippen molar-refractivity contribution in [3.05, 3.63) is 0 Å². The third kappa shape index (κ3) is 4.41. The summed E-state index contributed by atoms with van der Waals surface area (Å²) in [6, 6.07) is 0. The van der Waals surface area contributed by atoms with E-state index in [1.165, 1.54) is 0 Å². The summed E-state index contributed by atoms with van der Waals surface area (Å²) < 4.78 is 13.8. The van der Waals surface area contributed by atoms with Gasteiger partial charge in [-0.15, -0.1) is 0 Å². The number of nitrogens with one attached hydrogen (secondary N) is 1. The van der Waals surface area contributed by atoms with E-state index in [1.807, 2.05) is 0 Å². The van der Waals surface area contributed by atoms with Gasteiger partial charge in [-0.2, -0.15) is 0 Å². The molecule has 0 radical (unpaired) electrons. The van der Waals surface area contributed by atoms with Crippen LogP contribution in [0.5, 0.6) is 0 Å². The van der Waals surface area contributed by atoms with Gasteiger partial charge in [0.25, 0.3) is 0 Å². The van der Waals surface area contributed by atoms with Crippen molar-refractivity contribution in [2.75, 3.05) is 13.1 Å². The highest BCUT2D eigenvalue weighted by molar-refractivity contribution is 4.77. The van der Waals surface area contributed by atoms with E-state index in [1.54, 1.807) is 0 Å². The SMILES string of the molecule is CC(C)(C)CCC(F)C1CCNCC1. The third-order valence-electron chi connectivity index (χ3n) is 3.07. The van der Waals surface area contributed by atoms with E-state index in [0.717, 1.165) is 38.8 Å². The van der Waals surface area contributed by atoms with E-state index in [-0.39, 0.29) is 5.41 Å². The van der Waals surface area contributed by atoms with Crippen LogP contribution in [0.2, 0.25) is 0 Å². The summed E-state index contributed by atoms with van der Waals surface area (Å²) in [5.41, 5.74) is 0.275. The first-order valence-corrected chi connectivity index (χ1v) is 5.84. The topological polar surface area (TPSA) is 12.0 Å². The van der Waals surface area contributed by atoms with E-state index in [4.69, 9.17) is 0 Å². The van der Waals surface area contributed by atoms with Crippen LogP contribution in [0, 0.1) is 11.3 Å². The first-order chi connectivity index (χ1) is 6.49. The maximum atomic E-state index is 13.8. The van der Waals surface area contributed by atoms with Gasteiger partial charge in [-0.05, 0) is 50.1 Å². The molecule has 2 heteroatoms. The average molecular weight is 201 g/mol. The van der Waals surface area contributed by atoms with Crippen molar-refractivity contribution in [1.82, 2.24) is 5.32 Å². The minimum atomic E-state index is -0.573. The lowest BCUT2D eigenvalue weighted by atomic mass is 9.84. The molecule has 0 aromatic heterocycles. The monoisotopic (exact) mass is 201 g/mol. The third-order valence-corrected chi connectivity index (χ3v) is 3.07. The lowest BCUT2D eigenvalue weighted by Crippen LogP contribution is -2.32. The Balaban J connectivity index is 2.23. The minimum Gasteiger partial charge on any atom is -0.317 e. The molecule has 0 amide bonds. The van der Waals surface area contributed by atoms with Crippen LogP contribution in [0.1, 0.15) is 46.5 Å². The number of piperidine rings is 1. The van der Waals surface area contributed by atoms with Crippen molar-refractivity contribution in [2.24, 2.45) is 11.3 Å². The molecular formula is C12H24FN. The van der Waals surface area contributed by atoms with Gasteiger partial charge in [-0.1, -0.05) is 20.8 Å². The second-order valence-electron chi connectivity index (χ2n) is 5.70. The molecule has 1 nitrogen and oxygen atoms in total. The number of rotatable bonds is 3. The maximum absolute atomic E-state index is 13.8. The second kappa shape index (κ2) is 5.11. The molecule has 1 rings (SSSR count). The van der Waals surface area contributed by atoms with E-state index < -0.39 is 6.17 Å². The highest BCUT2D eigenvalue weighted by Gasteiger charge is 2.24. The molecule has 0 saturated carbocycles. The van der Waals surface area contributed by atoms with Gasteiger partial charge in [-0.3, -0.25) is 0 Å². The second-order valence-corrected chi connectivity index (χ2v) is 5.70. The van der Waals surface area contributed by atoms with Crippen LogP contribution in [-0.4, -0.2) is 19.3 Å². The largest absolute Gasteiger partial charge is 0.317 e. The van der Waals surface area contributed by atoms with E-state index >= 15 is 0 Å². The molecule has 1 N–H and O–H groups in total. The molecule has 1 saturated heterocycles. The Kier molecular flexibility index (Phi) is 4.36. The average Bonchev–Trinajstić information content (AvgIpc) is 2.14. The van der Waals surface area contributed by atoms with Crippen LogP contribution in [0.3, 0.4) is 0 Å². The highest BCUT2D eigenvalue weighted by Crippen LogP contribution is 2.28. The van der Waals surface area contributed by atoms with Gasteiger partial charge in [0, 0.05) is 0 Å². The van der Waals surface area contributed by atoms with E-state index in [2.05, 4.69) is 26.1 Å². The van der Waals surface area contributed by atoms with Gasteiger partial charge in [0.1, 0.15) is 6.17 Å². The van der Waals surface area contributed by atoms with Crippen LogP contribution in [0.4, 0.5) is 4.39 Å². The van der Waals surface area contributed by atoms with Crippen LogP contribution in [-0.2, 0) is 0 Å². The molecule has 0 aliphatic carbocycles. The molecule has 1 fully saturated rings. The normalized spacial score (nSPS) is 22.3. The Morgan fingerprint density at radius 3 is 2.36 bits per heavy atom. The summed E-state index contributed by atoms with van der Waals surface area (Å²) in [6.45, 7) is 8.55.